The molecule has 4 heteroatoms. The minimum atomic E-state index is -0.459. The van der Waals surface area contributed by atoms with Gasteiger partial charge in [0.15, 0.2) is 0 Å². The summed E-state index contributed by atoms with van der Waals surface area (Å²) in [5, 5.41) is 3.47. The quantitative estimate of drug-likeness (QED) is 0.715. The van der Waals surface area contributed by atoms with Crippen LogP contribution in [0.2, 0.25) is 0 Å². The second-order valence-corrected chi connectivity index (χ2v) is 6.59. The third kappa shape index (κ3) is 3.53. The second-order valence-electron chi connectivity index (χ2n) is 6.59. The molecule has 0 saturated heterocycles. The van der Waals surface area contributed by atoms with Crippen LogP contribution in [0.3, 0.4) is 0 Å². The molecule has 0 aliphatic heterocycles. The minimum Gasteiger partial charge on any atom is -0.368 e. The SMILES string of the molecule is CCCNC1(C(N)=O)CCCC(N(CCC)C2CC2)C1. The predicted octanol–water partition coefficient (Wildman–Crippen LogP) is 2.03. The van der Waals surface area contributed by atoms with Crippen LogP contribution < -0.4 is 11.1 Å². The summed E-state index contributed by atoms with van der Waals surface area (Å²) in [5.74, 6) is -0.150. The molecule has 0 heterocycles. The molecular formula is C16H31N3O. The lowest BCUT2D eigenvalue weighted by molar-refractivity contribution is -0.126. The van der Waals surface area contributed by atoms with Crippen molar-refractivity contribution in [2.75, 3.05) is 13.1 Å². The van der Waals surface area contributed by atoms with Crippen LogP contribution in [0.25, 0.3) is 0 Å². The Morgan fingerprint density at radius 1 is 1.25 bits per heavy atom. The molecule has 2 unspecified atom stereocenters. The summed E-state index contributed by atoms with van der Waals surface area (Å²) in [4.78, 5) is 14.7. The van der Waals surface area contributed by atoms with E-state index >= 15 is 0 Å². The van der Waals surface area contributed by atoms with Crippen LogP contribution in [-0.2, 0) is 4.79 Å². The number of rotatable bonds is 8. The summed E-state index contributed by atoms with van der Waals surface area (Å²) < 4.78 is 0. The molecule has 0 aromatic carbocycles. The van der Waals surface area contributed by atoms with Gasteiger partial charge in [0.05, 0.1) is 5.54 Å². The molecule has 3 N–H and O–H groups in total. The van der Waals surface area contributed by atoms with Crippen LogP contribution in [0.15, 0.2) is 0 Å². The Bertz CT molecular complexity index is 330. The van der Waals surface area contributed by atoms with Crippen LogP contribution in [0, 0.1) is 0 Å². The van der Waals surface area contributed by atoms with Gasteiger partial charge < -0.3 is 11.1 Å². The van der Waals surface area contributed by atoms with E-state index in [1.807, 2.05) is 0 Å². The van der Waals surface area contributed by atoms with Gasteiger partial charge in [0.1, 0.15) is 0 Å². The third-order valence-corrected chi connectivity index (χ3v) is 4.88. The van der Waals surface area contributed by atoms with Gasteiger partial charge in [-0.3, -0.25) is 9.69 Å². The molecule has 0 spiro atoms. The molecular weight excluding hydrogens is 250 g/mol. The molecule has 0 aromatic rings. The number of carbonyl (C=O) groups is 1. The molecule has 4 nitrogen and oxygen atoms in total. The lowest BCUT2D eigenvalue weighted by Crippen LogP contribution is -2.61. The van der Waals surface area contributed by atoms with Gasteiger partial charge in [0.25, 0.3) is 0 Å². The van der Waals surface area contributed by atoms with Crippen molar-refractivity contribution in [1.82, 2.24) is 10.2 Å². The van der Waals surface area contributed by atoms with Gasteiger partial charge in [0, 0.05) is 12.1 Å². The Morgan fingerprint density at radius 3 is 2.55 bits per heavy atom. The van der Waals surface area contributed by atoms with Crippen molar-refractivity contribution in [3.8, 4) is 0 Å². The minimum absolute atomic E-state index is 0.150. The molecule has 0 bridgehead atoms. The van der Waals surface area contributed by atoms with Gasteiger partial charge in [-0.15, -0.1) is 0 Å². The molecule has 2 aliphatic rings. The zero-order valence-corrected chi connectivity index (χ0v) is 13.2. The lowest BCUT2D eigenvalue weighted by Gasteiger charge is -2.44. The zero-order chi connectivity index (χ0) is 14.6. The van der Waals surface area contributed by atoms with Crippen molar-refractivity contribution in [2.24, 2.45) is 5.73 Å². The first-order chi connectivity index (χ1) is 9.63. The molecule has 116 valence electrons. The summed E-state index contributed by atoms with van der Waals surface area (Å²) >= 11 is 0. The summed E-state index contributed by atoms with van der Waals surface area (Å²) in [7, 11) is 0. The van der Waals surface area contributed by atoms with Crippen molar-refractivity contribution in [2.45, 2.75) is 82.8 Å². The number of amides is 1. The van der Waals surface area contributed by atoms with Crippen molar-refractivity contribution < 1.29 is 4.79 Å². The first-order valence-corrected chi connectivity index (χ1v) is 8.43. The Labute approximate surface area is 123 Å². The third-order valence-electron chi connectivity index (χ3n) is 4.88. The maximum Gasteiger partial charge on any atom is 0.237 e. The van der Waals surface area contributed by atoms with Crippen molar-refractivity contribution in [3.05, 3.63) is 0 Å². The Balaban J connectivity index is 2.05. The number of hydrogen-bond acceptors (Lipinski definition) is 3. The summed E-state index contributed by atoms with van der Waals surface area (Å²) in [6, 6.07) is 1.31. The fraction of sp³-hybridized carbons (Fsp3) is 0.938. The second kappa shape index (κ2) is 6.90. The highest BCUT2D eigenvalue weighted by molar-refractivity contribution is 5.84. The van der Waals surface area contributed by atoms with Crippen molar-refractivity contribution in [1.29, 1.82) is 0 Å². The first kappa shape index (κ1) is 15.8. The predicted molar refractivity (Wildman–Crippen MR) is 82.5 cm³/mol. The van der Waals surface area contributed by atoms with Gasteiger partial charge in [0.2, 0.25) is 5.91 Å². The number of nitrogens with zero attached hydrogens (tertiary/aromatic N) is 1. The Kier molecular flexibility index (Phi) is 5.44. The maximum absolute atomic E-state index is 12.0. The Morgan fingerprint density at radius 2 is 2.00 bits per heavy atom. The van der Waals surface area contributed by atoms with Crippen LogP contribution in [0.1, 0.15) is 65.2 Å². The lowest BCUT2D eigenvalue weighted by atomic mass is 9.77. The average Bonchev–Trinajstić information content (AvgIpc) is 3.27. The van der Waals surface area contributed by atoms with E-state index in [0.29, 0.717) is 6.04 Å². The van der Waals surface area contributed by atoms with Crippen molar-refractivity contribution in [3.63, 3.8) is 0 Å². The highest BCUT2D eigenvalue weighted by Crippen LogP contribution is 2.37. The summed E-state index contributed by atoms with van der Waals surface area (Å²) in [6.45, 7) is 6.43. The fourth-order valence-electron chi connectivity index (χ4n) is 3.69. The normalized spacial score (nSPS) is 30.6. The number of primary amides is 1. The van der Waals surface area contributed by atoms with E-state index in [2.05, 4.69) is 24.1 Å². The van der Waals surface area contributed by atoms with E-state index in [1.165, 1.54) is 25.7 Å². The average molecular weight is 281 g/mol. The maximum atomic E-state index is 12.0. The van der Waals surface area contributed by atoms with Crippen LogP contribution >= 0.6 is 0 Å². The van der Waals surface area contributed by atoms with E-state index in [9.17, 15) is 4.79 Å². The molecule has 1 amide bonds. The van der Waals surface area contributed by atoms with Gasteiger partial charge in [-0.1, -0.05) is 13.8 Å². The molecule has 2 fully saturated rings. The number of hydrogen-bond donors (Lipinski definition) is 2. The molecule has 2 atom stereocenters. The molecule has 0 radical (unpaired) electrons. The van der Waals surface area contributed by atoms with Crippen LogP contribution in [0.4, 0.5) is 0 Å². The number of carbonyl (C=O) groups excluding carboxylic acids is 1. The molecule has 2 saturated carbocycles. The first-order valence-electron chi connectivity index (χ1n) is 8.43. The van der Waals surface area contributed by atoms with E-state index in [-0.39, 0.29) is 5.91 Å². The van der Waals surface area contributed by atoms with E-state index in [0.717, 1.165) is 44.8 Å². The summed E-state index contributed by atoms with van der Waals surface area (Å²) in [6.07, 6.45) is 9.05. The monoisotopic (exact) mass is 281 g/mol. The van der Waals surface area contributed by atoms with Crippen LogP contribution in [0.5, 0.6) is 0 Å². The highest BCUT2D eigenvalue weighted by atomic mass is 16.1. The molecule has 2 rings (SSSR count). The molecule has 20 heavy (non-hydrogen) atoms. The standard InChI is InChI=1S/C16H31N3O/c1-3-10-18-16(15(17)20)9-5-6-14(12-16)19(11-4-2)13-7-8-13/h13-14,18H,3-12H2,1-2H3,(H2,17,20). The number of nitrogens with one attached hydrogen (secondary N) is 1. The largest absolute Gasteiger partial charge is 0.368 e. The number of nitrogens with two attached hydrogens (primary N) is 1. The highest BCUT2D eigenvalue weighted by Gasteiger charge is 2.44. The summed E-state index contributed by atoms with van der Waals surface area (Å²) in [5.41, 5.74) is 5.29. The van der Waals surface area contributed by atoms with Gasteiger partial charge in [-0.25, -0.2) is 0 Å². The van der Waals surface area contributed by atoms with Crippen molar-refractivity contribution >= 4 is 5.91 Å². The van der Waals surface area contributed by atoms with E-state index < -0.39 is 5.54 Å². The topological polar surface area (TPSA) is 58.4 Å². The van der Waals surface area contributed by atoms with Gasteiger partial charge >= 0.3 is 0 Å². The Hall–Kier alpha value is -0.610. The van der Waals surface area contributed by atoms with E-state index in [1.54, 1.807) is 0 Å². The molecule has 2 aliphatic carbocycles. The van der Waals surface area contributed by atoms with Crippen LogP contribution in [-0.4, -0.2) is 41.5 Å². The van der Waals surface area contributed by atoms with E-state index in [4.69, 9.17) is 5.73 Å². The smallest absolute Gasteiger partial charge is 0.237 e. The fourth-order valence-corrected chi connectivity index (χ4v) is 3.69. The zero-order valence-electron chi connectivity index (χ0n) is 13.2. The van der Waals surface area contributed by atoms with Gasteiger partial charge in [-0.05, 0) is 64.5 Å². The van der Waals surface area contributed by atoms with Gasteiger partial charge in [-0.2, -0.15) is 0 Å². The molecule has 0 aromatic heterocycles.